The molecule has 0 fully saturated rings. The summed E-state index contributed by atoms with van der Waals surface area (Å²) in [5, 5.41) is 4.80. The van der Waals surface area contributed by atoms with Crippen molar-refractivity contribution in [3.63, 3.8) is 0 Å². The molecule has 3 N–H and O–H groups in total. The minimum Gasteiger partial charge on any atom is -0.297 e. The van der Waals surface area contributed by atoms with Crippen molar-refractivity contribution in [2.75, 3.05) is 36.6 Å². The number of benzene rings is 1. The summed E-state index contributed by atoms with van der Waals surface area (Å²) in [6, 6.07) is 4.89. The van der Waals surface area contributed by atoms with Crippen molar-refractivity contribution in [3.05, 3.63) is 55.1 Å². The van der Waals surface area contributed by atoms with Crippen molar-refractivity contribution < 1.29 is 4.79 Å². The molecule has 2 aromatic heterocycles. The minimum atomic E-state index is -0.422. The second-order valence-electron chi connectivity index (χ2n) is 6.26. The number of hydrazine groups is 2. The number of anilines is 2. The van der Waals surface area contributed by atoms with Crippen molar-refractivity contribution in [1.82, 2.24) is 25.4 Å². The molecule has 0 saturated carbocycles. The van der Waals surface area contributed by atoms with E-state index in [-0.39, 0.29) is 15.6 Å². The van der Waals surface area contributed by atoms with E-state index in [0.29, 0.717) is 26.4 Å². The quantitative estimate of drug-likeness (QED) is 0.155. The summed E-state index contributed by atoms with van der Waals surface area (Å²) >= 11 is 21.6. The number of nitrogens with one attached hydrogen (secondary N) is 1. The molecule has 182 valence electrons. The zero-order chi connectivity index (χ0) is 25.4. The summed E-state index contributed by atoms with van der Waals surface area (Å²) in [7, 11) is 3.40. The van der Waals surface area contributed by atoms with Gasteiger partial charge in [-0.3, -0.25) is 20.2 Å². The minimum absolute atomic E-state index is 0.216. The predicted octanol–water partition coefficient (Wildman–Crippen LogP) is 5.32. The third-order valence-electron chi connectivity index (χ3n) is 3.88. The fourth-order valence-electron chi connectivity index (χ4n) is 2.34. The van der Waals surface area contributed by atoms with Gasteiger partial charge in [-0.2, -0.15) is 0 Å². The molecule has 1 amide bonds. The molecule has 34 heavy (non-hydrogen) atoms. The van der Waals surface area contributed by atoms with Gasteiger partial charge in [0.25, 0.3) is 5.91 Å². The normalized spacial score (nSPS) is 10.3. The number of hydrogen-bond donors (Lipinski definition) is 2. The molecular weight excluding hydrogens is 651 g/mol. The number of aromatic nitrogens is 4. The smallest absolute Gasteiger partial charge is 0.272 e. The molecule has 0 aliphatic heterocycles. The van der Waals surface area contributed by atoms with E-state index in [4.69, 9.17) is 29.0 Å². The maximum Gasteiger partial charge on any atom is 0.272 e. The van der Waals surface area contributed by atoms with E-state index in [0.717, 1.165) is 4.47 Å². The van der Waals surface area contributed by atoms with Crippen LogP contribution in [0.15, 0.2) is 49.9 Å². The Kier molecular flexibility index (Phi) is 11.6. The van der Waals surface area contributed by atoms with Crippen LogP contribution in [0.5, 0.6) is 0 Å². The highest BCUT2D eigenvalue weighted by Gasteiger charge is 2.18. The Morgan fingerprint density at radius 1 is 0.971 bits per heavy atom. The molecule has 0 unspecified atom stereocenters. The van der Waals surface area contributed by atoms with Crippen LogP contribution in [0, 0.1) is 0 Å². The van der Waals surface area contributed by atoms with E-state index >= 15 is 0 Å². The standard InChI is InChI=1S/C13H11BrCl2N4OS.C6H9BrN4S/c1-20(11-7(14)6-17-13(18-11)22-2)19-12(21)10-8(15)4-3-5-9(10)16;1-11(8)5-4(7)3-9-6(10-5)12-2/h3-6H,1-2H3,(H,19,21);3H,8H2,1-2H3. The van der Waals surface area contributed by atoms with Crippen LogP contribution in [0.4, 0.5) is 11.6 Å². The maximum atomic E-state index is 12.4. The molecule has 15 heteroatoms. The monoisotopic (exact) mass is 668 g/mol. The number of halogens is 4. The van der Waals surface area contributed by atoms with Gasteiger partial charge in [0.15, 0.2) is 21.9 Å². The van der Waals surface area contributed by atoms with Gasteiger partial charge in [-0.15, -0.1) is 0 Å². The molecule has 0 spiro atoms. The fraction of sp³-hybridized carbons (Fsp3) is 0.211. The second kappa shape index (κ2) is 13.7. The molecule has 1 aromatic carbocycles. The Balaban J connectivity index is 0.000000287. The Hall–Kier alpha value is -1.35. The van der Waals surface area contributed by atoms with Crippen LogP contribution in [0.2, 0.25) is 10.0 Å². The summed E-state index contributed by atoms with van der Waals surface area (Å²) < 4.78 is 1.45. The highest BCUT2D eigenvalue weighted by Crippen LogP contribution is 2.26. The number of nitrogens with two attached hydrogens (primary N) is 1. The first-order valence-electron chi connectivity index (χ1n) is 9.19. The number of carbonyl (C=O) groups is 1. The number of nitrogens with zero attached hydrogens (tertiary/aromatic N) is 6. The lowest BCUT2D eigenvalue weighted by atomic mass is 10.2. The average molecular weight is 671 g/mol. The number of rotatable bonds is 6. The van der Waals surface area contributed by atoms with Crippen molar-refractivity contribution >= 4 is 96.1 Å². The maximum absolute atomic E-state index is 12.4. The third kappa shape index (κ3) is 7.83. The third-order valence-corrected chi connectivity index (χ3v) is 6.76. The van der Waals surface area contributed by atoms with Crippen LogP contribution in [0.1, 0.15) is 10.4 Å². The summed E-state index contributed by atoms with van der Waals surface area (Å²) in [5.41, 5.74) is 2.90. The molecule has 9 nitrogen and oxygen atoms in total. The van der Waals surface area contributed by atoms with Gasteiger partial charge in [0.05, 0.1) is 24.6 Å². The molecule has 0 atom stereocenters. The van der Waals surface area contributed by atoms with Gasteiger partial charge >= 0.3 is 0 Å². The van der Waals surface area contributed by atoms with Gasteiger partial charge in [-0.1, -0.05) is 52.8 Å². The summed E-state index contributed by atoms with van der Waals surface area (Å²) in [6.07, 6.45) is 7.11. The first-order chi connectivity index (χ1) is 16.1. The lowest BCUT2D eigenvalue weighted by Crippen LogP contribution is -2.40. The van der Waals surface area contributed by atoms with Crippen LogP contribution < -0.4 is 21.3 Å². The average Bonchev–Trinajstić information content (AvgIpc) is 2.79. The first-order valence-corrected chi connectivity index (χ1v) is 14.0. The van der Waals surface area contributed by atoms with Crippen LogP contribution >= 0.6 is 78.6 Å². The molecule has 2 heterocycles. The lowest BCUT2D eigenvalue weighted by Gasteiger charge is -2.21. The molecule has 0 radical (unpaired) electrons. The van der Waals surface area contributed by atoms with E-state index in [9.17, 15) is 4.79 Å². The summed E-state index contributed by atoms with van der Waals surface area (Å²) in [5.74, 6) is 6.33. The van der Waals surface area contributed by atoms with Crippen LogP contribution in [0.3, 0.4) is 0 Å². The first kappa shape index (κ1) is 28.9. The van der Waals surface area contributed by atoms with E-state index < -0.39 is 5.91 Å². The van der Waals surface area contributed by atoms with Gasteiger partial charge in [-0.05, 0) is 56.5 Å². The van der Waals surface area contributed by atoms with Crippen LogP contribution in [0.25, 0.3) is 0 Å². The molecule has 3 rings (SSSR count). The van der Waals surface area contributed by atoms with E-state index in [2.05, 4.69) is 57.2 Å². The Morgan fingerprint density at radius 3 is 1.91 bits per heavy atom. The van der Waals surface area contributed by atoms with Crippen molar-refractivity contribution in [2.45, 2.75) is 10.3 Å². The number of thioether (sulfide) groups is 2. The van der Waals surface area contributed by atoms with Crippen molar-refractivity contribution in [2.24, 2.45) is 5.84 Å². The van der Waals surface area contributed by atoms with Crippen molar-refractivity contribution in [1.29, 1.82) is 0 Å². The lowest BCUT2D eigenvalue weighted by molar-refractivity contribution is 0.0951. The zero-order valence-electron chi connectivity index (χ0n) is 18.4. The van der Waals surface area contributed by atoms with Gasteiger partial charge in [0.1, 0.15) is 0 Å². The van der Waals surface area contributed by atoms with E-state index in [1.807, 2.05) is 12.5 Å². The molecular formula is C19H20Br2Cl2N8OS2. The SMILES string of the molecule is CSc1ncc(Br)c(N(C)N)n1.CSc1ncc(Br)c(N(C)NC(=O)c2c(Cl)cccc2Cl)n1. The summed E-state index contributed by atoms with van der Waals surface area (Å²) in [4.78, 5) is 29.1. The van der Waals surface area contributed by atoms with Crippen molar-refractivity contribution in [3.8, 4) is 0 Å². The fourth-order valence-corrected chi connectivity index (χ4v) is 4.51. The molecule has 0 saturated heterocycles. The van der Waals surface area contributed by atoms with E-state index in [1.54, 1.807) is 44.7 Å². The molecule has 3 aromatic rings. The van der Waals surface area contributed by atoms with Crippen LogP contribution in [-0.4, -0.2) is 52.4 Å². The highest BCUT2D eigenvalue weighted by molar-refractivity contribution is 9.11. The Bertz CT molecular complexity index is 1140. The molecule has 0 aliphatic rings. The molecule has 0 bridgehead atoms. The van der Waals surface area contributed by atoms with Gasteiger partial charge < -0.3 is 0 Å². The molecule has 0 aliphatic carbocycles. The zero-order valence-corrected chi connectivity index (χ0v) is 24.7. The number of hydrogen-bond acceptors (Lipinski definition) is 10. The second-order valence-corrected chi connectivity index (χ2v) is 10.3. The Labute approximate surface area is 232 Å². The summed E-state index contributed by atoms with van der Waals surface area (Å²) in [6.45, 7) is 0. The van der Waals surface area contributed by atoms with Gasteiger partial charge in [0.2, 0.25) is 0 Å². The van der Waals surface area contributed by atoms with E-state index in [1.165, 1.54) is 33.5 Å². The van der Waals surface area contributed by atoms with Crippen LogP contribution in [-0.2, 0) is 0 Å². The van der Waals surface area contributed by atoms with Gasteiger partial charge in [-0.25, -0.2) is 25.8 Å². The topological polar surface area (TPSA) is 113 Å². The van der Waals surface area contributed by atoms with Gasteiger partial charge in [0, 0.05) is 26.5 Å². The predicted molar refractivity (Wildman–Crippen MR) is 148 cm³/mol. The Morgan fingerprint density at radius 2 is 1.44 bits per heavy atom. The highest BCUT2D eigenvalue weighted by atomic mass is 79.9. The number of carbonyl (C=O) groups excluding carboxylic acids is 1. The number of amides is 1. The largest absolute Gasteiger partial charge is 0.297 e.